The van der Waals surface area contributed by atoms with Crippen molar-refractivity contribution < 1.29 is 14.2 Å². The van der Waals surface area contributed by atoms with Gasteiger partial charge in [-0.2, -0.15) is 0 Å². The van der Waals surface area contributed by atoms with Crippen molar-refractivity contribution >= 4 is 0 Å². The molecule has 1 aromatic rings. The van der Waals surface area contributed by atoms with Crippen molar-refractivity contribution in [1.82, 2.24) is 0 Å². The Balaban J connectivity index is 3.13. The Bertz CT molecular complexity index is 357. The molecule has 0 saturated carbocycles. The van der Waals surface area contributed by atoms with Crippen LogP contribution in [0.15, 0.2) is 12.1 Å². The summed E-state index contributed by atoms with van der Waals surface area (Å²) in [6, 6.07) is 3.45. The van der Waals surface area contributed by atoms with Crippen molar-refractivity contribution in [3.8, 4) is 17.2 Å². The number of nitrogens with two attached hydrogens (primary N) is 2. The molecule has 0 radical (unpaired) electrons. The van der Waals surface area contributed by atoms with Gasteiger partial charge in [-0.25, -0.2) is 0 Å². The van der Waals surface area contributed by atoms with Gasteiger partial charge in [0, 0.05) is 18.2 Å². The molecule has 0 bridgehead atoms. The average molecular weight is 254 g/mol. The van der Waals surface area contributed by atoms with Crippen molar-refractivity contribution in [1.29, 1.82) is 0 Å². The smallest absolute Gasteiger partial charge is 0.131 e. The van der Waals surface area contributed by atoms with Gasteiger partial charge < -0.3 is 25.7 Å². The summed E-state index contributed by atoms with van der Waals surface area (Å²) in [5.74, 6) is 2.03. The summed E-state index contributed by atoms with van der Waals surface area (Å²) in [4.78, 5) is 0. The highest BCUT2D eigenvalue weighted by molar-refractivity contribution is 5.52. The number of hydrogen-bond acceptors (Lipinski definition) is 5. The Hall–Kier alpha value is -1.46. The summed E-state index contributed by atoms with van der Waals surface area (Å²) in [5.41, 5.74) is 12.5. The first kappa shape index (κ1) is 14.6. The minimum absolute atomic E-state index is 0.163. The Morgan fingerprint density at radius 3 is 2.00 bits per heavy atom. The maximum atomic E-state index is 6.17. The normalized spacial score (nSPS) is 12.1. The minimum Gasteiger partial charge on any atom is -0.496 e. The van der Waals surface area contributed by atoms with Crippen LogP contribution in [0.2, 0.25) is 0 Å². The fourth-order valence-electron chi connectivity index (χ4n) is 1.88. The van der Waals surface area contributed by atoms with Crippen molar-refractivity contribution in [2.75, 3.05) is 27.9 Å². The number of benzene rings is 1. The number of hydrogen-bond donors (Lipinski definition) is 2. The second-order valence-corrected chi connectivity index (χ2v) is 3.98. The number of ether oxygens (including phenoxy) is 3. The molecule has 1 atom stereocenters. The lowest BCUT2D eigenvalue weighted by molar-refractivity contribution is 0.362. The highest BCUT2D eigenvalue weighted by Crippen LogP contribution is 2.38. The zero-order chi connectivity index (χ0) is 13.5. The van der Waals surface area contributed by atoms with Gasteiger partial charge in [0.05, 0.1) is 26.9 Å². The van der Waals surface area contributed by atoms with Gasteiger partial charge in [-0.1, -0.05) is 0 Å². The van der Waals surface area contributed by atoms with E-state index in [1.54, 1.807) is 33.5 Å². The van der Waals surface area contributed by atoms with Crippen LogP contribution in [0.25, 0.3) is 0 Å². The molecule has 1 rings (SSSR count). The molecule has 102 valence electrons. The molecule has 5 nitrogen and oxygen atoms in total. The molecule has 0 saturated heterocycles. The number of methoxy groups -OCH3 is 3. The molecule has 4 N–H and O–H groups in total. The highest BCUT2D eigenvalue weighted by Gasteiger charge is 2.19. The molecule has 0 heterocycles. The average Bonchev–Trinajstić information content (AvgIpc) is 2.42. The zero-order valence-electron chi connectivity index (χ0n) is 11.2. The summed E-state index contributed by atoms with van der Waals surface area (Å²) >= 11 is 0. The molecule has 0 aliphatic carbocycles. The van der Waals surface area contributed by atoms with E-state index in [4.69, 9.17) is 25.7 Å². The van der Waals surface area contributed by atoms with Crippen LogP contribution >= 0.6 is 0 Å². The predicted octanol–water partition coefficient (Wildman–Crippen LogP) is 1.45. The summed E-state index contributed by atoms with van der Waals surface area (Å²) in [6.07, 6.45) is 1.65. The van der Waals surface area contributed by atoms with Gasteiger partial charge in [0.15, 0.2) is 0 Å². The Morgan fingerprint density at radius 1 is 1.06 bits per heavy atom. The Morgan fingerprint density at radius 2 is 1.61 bits per heavy atom. The van der Waals surface area contributed by atoms with E-state index in [2.05, 4.69) is 0 Å². The molecule has 0 amide bonds. The fourth-order valence-corrected chi connectivity index (χ4v) is 1.88. The Labute approximate surface area is 108 Å². The van der Waals surface area contributed by atoms with E-state index in [1.165, 1.54) is 0 Å². The van der Waals surface area contributed by atoms with E-state index < -0.39 is 0 Å². The van der Waals surface area contributed by atoms with Gasteiger partial charge in [0.1, 0.15) is 17.2 Å². The van der Waals surface area contributed by atoms with Crippen LogP contribution in [0.1, 0.15) is 24.4 Å². The molecule has 1 aromatic carbocycles. The van der Waals surface area contributed by atoms with E-state index >= 15 is 0 Å². The summed E-state index contributed by atoms with van der Waals surface area (Å²) < 4.78 is 15.9. The SMILES string of the molecule is COc1cc(OC)c(C(N)CCCN)c(OC)c1. The van der Waals surface area contributed by atoms with Gasteiger partial charge in [-0.05, 0) is 19.4 Å². The molecule has 5 heteroatoms. The molecular weight excluding hydrogens is 232 g/mol. The quantitative estimate of drug-likeness (QED) is 0.770. The highest BCUT2D eigenvalue weighted by atomic mass is 16.5. The third-order valence-corrected chi connectivity index (χ3v) is 2.84. The van der Waals surface area contributed by atoms with E-state index in [-0.39, 0.29) is 6.04 Å². The van der Waals surface area contributed by atoms with Crippen LogP contribution in [-0.2, 0) is 0 Å². The molecule has 0 aliphatic heterocycles. The van der Waals surface area contributed by atoms with E-state index in [0.717, 1.165) is 18.4 Å². The molecular formula is C13H22N2O3. The first-order valence-corrected chi connectivity index (χ1v) is 5.93. The third kappa shape index (κ3) is 3.27. The molecule has 0 aromatic heterocycles. The summed E-state index contributed by atoms with van der Waals surface area (Å²) in [5, 5.41) is 0. The van der Waals surface area contributed by atoms with E-state index in [0.29, 0.717) is 23.8 Å². The fraction of sp³-hybridized carbons (Fsp3) is 0.538. The summed E-state index contributed by atoms with van der Waals surface area (Å²) in [7, 11) is 4.81. The zero-order valence-corrected chi connectivity index (χ0v) is 11.2. The first-order valence-electron chi connectivity index (χ1n) is 5.93. The van der Waals surface area contributed by atoms with Crippen LogP contribution in [0.4, 0.5) is 0 Å². The lowest BCUT2D eigenvalue weighted by Crippen LogP contribution is -2.15. The van der Waals surface area contributed by atoms with Crippen molar-refractivity contribution in [2.45, 2.75) is 18.9 Å². The molecule has 1 unspecified atom stereocenters. The third-order valence-electron chi connectivity index (χ3n) is 2.84. The monoisotopic (exact) mass is 254 g/mol. The van der Waals surface area contributed by atoms with Crippen LogP contribution in [0.5, 0.6) is 17.2 Å². The van der Waals surface area contributed by atoms with Gasteiger partial charge >= 0.3 is 0 Å². The van der Waals surface area contributed by atoms with Crippen molar-refractivity contribution in [2.24, 2.45) is 11.5 Å². The van der Waals surface area contributed by atoms with E-state index in [9.17, 15) is 0 Å². The van der Waals surface area contributed by atoms with Crippen LogP contribution in [0, 0.1) is 0 Å². The lowest BCUT2D eigenvalue weighted by Gasteiger charge is -2.19. The second kappa shape index (κ2) is 7.08. The lowest BCUT2D eigenvalue weighted by atomic mass is 10.0. The molecule has 0 fully saturated rings. The maximum absolute atomic E-state index is 6.17. The minimum atomic E-state index is -0.163. The largest absolute Gasteiger partial charge is 0.496 e. The summed E-state index contributed by atoms with van der Waals surface area (Å²) in [6.45, 7) is 0.620. The first-order chi connectivity index (χ1) is 8.67. The topological polar surface area (TPSA) is 79.7 Å². The van der Waals surface area contributed by atoms with Crippen molar-refractivity contribution in [3.63, 3.8) is 0 Å². The molecule has 18 heavy (non-hydrogen) atoms. The predicted molar refractivity (Wildman–Crippen MR) is 71.3 cm³/mol. The standard InChI is InChI=1S/C13H22N2O3/c1-16-9-7-11(17-2)13(12(8-9)18-3)10(15)5-4-6-14/h7-8,10H,4-6,14-15H2,1-3H3. The van der Waals surface area contributed by atoms with Gasteiger partial charge in [-0.15, -0.1) is 0 Å². The van der Waals surface area contributed by atoms with Gasteiger partial charge in [0.2, 0.25) is 0 Å². The number of rotatable bonds is 7. The molecule has 0 aliphatic rings. The second-order valence-electron chi connectivity index (χ2n) is 3.98. The van der Waals surface area contributed by atoms with Gasteiger partial charge in [-0.3, -0.25) is 0 Å². The Kier molecular flexibility index (Phi) is 5.74. The van der Waals surface area contributed by atoms with E-state index in [1.807, 2.05) is 0 Å². The van der Waals surface area contributed by atoms with Crippen LogP contribution in [-0.4, -0.2) is 27.9 Å². The van der Waals surface area contributed by atoms with Crippen LogP contribution < -0.4 is 25.7 Å². The van der Waals surface area contributed by atoms with Crippen molar-refractivity contribution in [3.05, 3.63) is 17.7 Å². The molecule has 0 spiro atoms. The van der Waals surface area contributed by atoms with Gasteiger partial charge in [0.25, 0.3) is 0 Å². The van der Waals surface area contributed by atoms with Crippen LogP contribution in [0.3, 0.4) is 0 Å². The maximum Gasteiger partial charge on any atom is 0.131 e.